The van der Waals surface area contributed by atoms with Gasteiger partial charge in [0.05, 0.1) is 6.61 Å². The standard InChI is InChI=1S/C7H5F4NO/c8-5-1-6(7(9,10)11)12-2-4(5)3-13/h1-2,13H,3H2. The molecule has 0 aromatic carbocycles. The fourth-order valence-corrected chi connectivity index (χ4v) is 0.730. The van der Waals surface area contributed by atoms with Crippen LogP contribution in [-0.2, 0) is 12.8 Å². The molecule has 1 aromatic rings. The lowest BCUT2D eigenvalue weighted by atomic mass is 10.2. The Kier molecular flexibility index (Phi) is 2.51. The maximum Gasteiger partial charge on any atom is 0.433 e. The quantitative estimate of drug-likeness (QED) is 0.692. The van der Waals surface area contributed by atoms with Crippen LogP contribution in [0.15, 0.2) is 12.3 Å². The molecule has 0 radical (unpaired) electrons. The molecule has 0 aliphatic rings. The van der Waals surface area contributed by atoms with Gasteiger partial charge in [0.15, 0.2) is 0 Å². The molecule has 72 valence electrons. The molecule has 0 spiro atoms. The van der Waals surface area contributed by atoms with Gasteiger partial charge >= 0.3 is 6.18 Å². The van der Waals surface area contributed by atoms with Crippen molar-refractivity contribution >= 4 is 0 Å². The first-order valence-electron chi connectivity index (χ1n) is 3.27. The van der Waals surface area contributed by atoms with Crippen LogP contribution in [-0.4, -0.2) is 10.1 Å². The van der Waals surface area contributed by atoms with Gasteiger partial charge in [-0.2, -0.15) is 13.2 Å². The molecule has 1 aromatic heterocycles. The van der Waals surface area contributed by atoms with E-state index in [1.165, 1.54) is 0 Å². The zero-order valence-corrected chi connectivity index (χ0v) is 6.27. The zero-order chi connectivity index (χ0) is 10.1. The fraction of sp³-hybridized carbons (Fsp3) is 0.286. The van der Waals surface area contributed by atoms with Crippen LogP contribution in [0.4, 0.5) is 17.6 Å². The Hall–Kier alpha value is -1.17. The summed E-state index contributed by atoms with van der Waals surface area (Å²) >= 11 is 0. The van der Waals surface area contributed by atoms with Gasteiger partial charge in [-0.15, -0.1) is 0 Å². The van der Waals surface area contributed by atoms with Gasteiger partial charge < -0.3 is 5.11 Å². The summed E-state index contributed by atoms with van der Waals surface area (Å²) in [5.74, 6) is -1.11. The molecule has 0 saturated carbocycles. The first-order valence-corrected chi connectivity index (χ1v) is 3.27. The van der Waals surface area contributed by atoms with Crippen molar-refractivity contribution in [3.8, 4) is 0 Å². The highest BCUT2D eigenvalue weighted by Gasteiger charge is 2.33. The third kappa shape index (κ3) is 2.15. The monoisotopic (exact) mass is 195 g/mol. The Morgan fingerprint density at radius 2 is 2.00 bits per heavy atom. The number of aromatic nitrogens is 1. The van der Waals surface area contributed by atoms with Crippen molar-refractivity contribution < 1.29 is 22.7 Å². The first kappa shape index (κ1) is 9.91. The molecule has 0 bridgehead atoms. The summed E-state index contributed by atoms with van der Waals surface area (Å²) in [4.78, 5) is 2.96. The Morgan fingerprint density at radius 1 is 1.38 bits per heavy atom. The molecule has 0 atom stereocenters. The van der Waals surface area contributed by atoms with E-state index in [9.17, 15) is 17.6 Å². The SMILES string of the molecule is OCc1cnc(C(F)(F)F)cc1F. The average molecular weight is 195 g/mol. The van der Waals surface area contributed by atoms with Gasteiger partial charge in [-0.3, -0.25) is 4.98 Å². The summed E-state index contributed by atoms with van der Waals surface area (Å²) in [7, 11) is 0. The summed E-state index contributed by atoms with van der Waals surface area (Å²) in [5.41, 5.74) is -1.56. The molecule has 1 rings (SSSR count). The molecule has 1 N–H and O–H groups in total. The second-order valence-corrected chi connectivity index (χ2v) is 2.32. The van der Waals surface area contributed by atoms with Gasteiger partial charge in [-0.25, -0.2) is 4.39 Å². The number of nitrogens with zero attached hydrogens (tertiary/aromatic N) is 1. The van der Waals surface area contributed by atoms with Crippen molar-refractivity contribution in [2.45, 2.75) is 12.8 Å². The van der Waals surface area contributed by atoms with E-state index in [2.05, 4.69) is 4.98 Å². The lowest BCUT2D eigenvalue weighted by Gasteiger charge is -2.06. The van der Waals surface area contributed by atoms with Crippen molar-refractivity contribution in [3.05, 3.63) is 29.3 Å². The predicted octanol–water partition coefficient (Wildman–Crippen LogP) is 1.73. The molecule has 0 aliphatic carbocycles. The Labute approximate surface area is 70.8 Å². The van der Waals surface area contributed by atoms with E-state index in [0.29, 0.717) is 6.20 Å². The minimum Gasteiger partial charge on any atom is -0.392 e. The second kappa shape index (κ2) is 3.29. The highest BCUT2D eigenvalue weighted by Crippen LogP contribution is 2.28. The topological polar surface area (TPSA) is 33.1 Å². The molecule has 0 amide bonds. The van der Waals surface area contributed by atoms with Crippen molar-refractivity contribution in [1.82, 2.24) is 4.98 Å². The van der Waals surface area contributed by atoms with E-state index in [4.69, 9.17) is 5.11 Å². The molecule has 0 saturated heterocycles. The van der Waals surface area contributed by atoms with Crippen LogP contribution in [0.5, 0.6) is 0 Å². The fourth-order valence-electron chi connectivity index (χ4n) is 0.730. The summed E-state index contributed by atoms with van der Waals surface area (Å²) < 4.78 is 48.4. The lowest BCUT2D eigenvalue weighted by molar-refractivity contribution is -0.141. The third-order valence-electron chi connectivity index (χ3n) is 1.39. The number of hydrogen-bond donors (Lipinski definition) is 1. The van der Waals surface area contributed by atoms with Gasteiger partial charge in [0.1, 0.15) is 11.5 Å². The number of aliphatic hydroxyl groups is 1. The third-order valence-corrected chi connectivity index (χ3v) is 1.39. The molecular weight excluding hydrogens is 190 g/mol. The molecular formula is C7H5F4NO. The molecule has 6 heteroatoms. The van der Waals surface area contributed by atoms with E-state index in [0.717, 1.165) is 0 Å². The van der Waals surface area contributed by atoms with E-state index in [-0.39, 0.29) is 11.6 Å². The van der Waals surface area contributed by atoms with Crippen molar-refractivity contribution in [1.29, 1.82) is 0 Å². The molecule has 1 heterocycles. The van der Waals surface area contributed by atoms with E-state index < -0.39 is 24.3 Å². The van der Waals surface area contributed by atoms with Crippen molar-refractivity contribution in [2.24, 2.45) is 0 Å². The lowest BCUT2D eigenvalue weighted by Crippen LogP contribution is -2.09. The van der Waals surface area contributed by atoms with Gasteiger partial charge in [0.2, 0.25) is 0 Å². The minimum absolute atomic E-state index is 0.256. The Balaban J connectivity index is 3.10. The van der Waals surface area contributed by atoms with Gasteiger partial charge in [0.25, 0.3) is 0 Å². The van der Waals surface area contributed by atoms with E-state index in [1.54, 1.807) is 0 Å². The van der Waals surface area contributed by atoms with Gasteiger partial charge in [-0.1, -0.05) is 0 Å². The molecule has 0 fully saturated rings. The van der Waals surface area contributed by atoms with Crippen LogP contribution in [0.1, 0.15) is 11.3 Å². The van der Waals surface area contributed by atoms with Crippen LogP contribution in [0.25, 0.3) is 0 Å². The highest BCUT2D eigenvalue weighted by molar-refractivity contribution is 5.17. The van der Waals surface area contributed by atoms with Crippen LogP contribution >= 0.6 is 0 Å². The maximum absolute atomic E-state index is 12.7. The van der Waals surface area contributed by atoms with Crippen molar-refractivity contribution in [3.63, 3.8) is 0 Å². The van der Waals surface area contributed by atoms with Crippen molar-refractivity contribution in [2.75, 3.05) is 0 Å². The normalized spacial score (nSPS) is 11.8. The summed E-state index contributed by atoms with van der Waals surface area (Å²) in [5, 5.41) is 8.45. The largest absolute Gasteiger partial charge is 0.433 e. The van der Waals surface area contributed by atoms with Crippen LogP contribution < -0.4 is 0 Å². The number of rotatable bonds is 1. The maximum atomic E-state index is 12.7. The van der Waals surface area contributed by atoms with Crippen LogP contribution in [0.3, 0.4) is 0 Å². The van der Waals surface area contributed by atoms with Crippen LogP contribution in [0, 0.1) is 5.82 Å². The number of pyridine rings is 1. The zero-order valence-electron chi connectivity index (χ0n) is 6.27. The number of hydrogen-bond acceptors (Lipinski definition) is 2. The Morgan fingerprint density at radius 3 is 2.38 bits per heavy atom. The summed E-state index contributed by atoms with van der Waals surface area (Å²) in [6, 6.07) is 0.256. The average Bonchev–Trinajstić information content (AvgIpc) is 2.02. The van der Waals surface area contributed by atoms with E-state index in [1.807, 2.05) is 0 Å². The number of aliphatic hydroxyl groups excluding tert-OH is 1. The molecule has 0 unspecified atom stereocenters. The van der Waals surface area contributed by atoms with E-state index >= 15 is 0 Å². The number of alkyl halides is 3. The summed E-state index contributed by atoms with van der Waals surface area (Å²) in [6.45, 7) is -0.670. The second-order valence-electron chi connectivity index (χ2n) is 2.32. The van der Waals surface area contributed by atoms with Gasteiger partial charge in [0, 0.05) is 17.8 Å². The number of halogens is 4. The Bertz CT molecular complexity index is 310. The predicted molar refractivity (Wildman–Crippen MR) is 35.1 cm³/mol. The van der Waals surface area contributed by atoms with Crippen LogP contribution in [0.2, 0.25) is 0 Å². The highest BCUT2D eigenvalue weighted by atomic mass is 19.4. The molecule has 13 heavy (non-hydrogen) atoms. The smallest absolute Gasteiger partial charge is 0.392 e. The molecule has 0 aliphatic heterocycles. The molecule has 2 nitrogen and oxygen atoms in total. The summed E-state index contributed by atoms with van der Waals surface area (Å²) in [6.07, 6.45) is -3.99. The first-order chi connectivity index (χ1) is 5.95. The van der Waals surface area contributed by atoms with Gasteiger partial charge in [-0.05, 0) is 0 Å². The minimum atomic E-state index is -4.66.